The van der Waals surface area contributed by atoms with E-state index >= 15 is 0 Å². The van der Waals surface area contributed by atoms with E-state index in [0.717, 1.165) is 0 Å². The van der Waals surface area contributed by atoms with Crippen molar-refractivity contribution >= 4 is 23.3 Å². The van der Waals surface area contributed by atoms with Crippen LogP contribution in [0.1, 0.15) is 10.4 Å². The van der Waals surface area contributed by atoms with E-state index < -0.39 is 5.91 Å². The van der Waals surface area contributed by atoms with Gasteiger partial charge in [0, 0.05) is 6.20 Å². The third-order valence-corrected chi connectivity index (χ3v) is 1.44. The number of anilines is 1. The highest BCUT2D eigenvalue weighted by molar-refractivity contribution is 6.33. The van der Waals surface area contributed by atoms with Crippen molar-refractivity contribution in [2.24, 2.45) is 5.73 Å². The van der Waals surface area contributed by atoms with Gasteiger partial charge in [-0.05, 0) is 6.07 Å². The number of halogens is 1. The van der Waals surface area contributed by atoms with Crippen LogP contribution in [-0.4, -0.2) is 10.9 Å². The number of hydrogen-bond acceptors (Lipinski definition) is 3. The van der Waals surface area contributed by atoms with E-state index in [1.165, 1.54) is 12.3 Å². The summed E-state index contributed by atoms with van der Waals surface area (Å²) in [5.41, 5.74) is 10.5. The molecule has 1 heterocycles. The minimum Gasteiger partial charge on any atom is -0.384 e. The van der Waals surface area contributed by atoms with Crippen LogP contribution < -0.4 is 11.5 Å². The molecule has 0 unspecified atom stereocenters. The van der Waals surface area contributed by atoms with E-state index in [0.29, 0.717) is 0 Å². The van der Waals surface area contributed by atoms with Gasteiger partial charge in [-0.2, -0.15) is 0 Å². The zero-order chi connectivity index (χ0) is 8.43. The molecule has 1 amide bonds. The summed E-state index contributed by atoms with van der Waals surface area (Å²) < 4.78 is 0. The smallest absolute Gasteiger partial charge is 0.250 e. The Hall–Kier alpha value is -1.29. The van der Waals surface area contributed by atoms with Gasteiger partial charge < -0.3 is 11.5 Å². The van der Waals surface area contributed by atoms with Gasteiger partial charge in [0.25, 0.3) is 0 Å². The average Bonchev–Trinajstić information content (AvgIpc) is 1.94. The molecule has 1 aromatic rings. The summed E-state index contributed by atoms with van der Waals surface area (Å²) >= 11 is 5.57. The van der Waals surface area contributed by atoms with Gasteiger partial charge in [-0.15, -0.1) is 0 Å². The van der Waals surface area contributed by atoms with Crippen LogP contribution in [0.2, 0.25) is 5.02 Å². The summed E-state index contributed by atoms with van der Waals surface area (Å²) in [4.78, 5) is 14.3. The maximum absolute atomic E-state index is 10.6. The van der Waals surface area contributed by atoms with Crippen molar-refractivity contribution in [3.8, 4) is 0 Å². The van der Waals surface area contributed by atoms with Crippen LogP contribution in [0.3, 0.4) is 0 Å². The van der Waals surface area contributed by atoms with Crippen LogP contribution in [0, 0.1) is 0 Å². The van der Waals surface area contributed by atoms with Gasteiger partial charge in [0.05, 0.1) is 10.6 Å². The Balaban J connectivity index is 3.23. The first kappa shape index (κ1) is 7.81. The molecule has 0 atom stereocenters. The van der Waals surface area contributed by atoms with Gasteiger partial charge in [-0.3, -0.25) is 4.79 Å². The van der Waals surface area contributed by atoms with E-state index in [4.69, 9.17) is 23.1 Å². The molecule has 0 fully saturated rings. The van der Waals surface area contributed by atoms with Crippen molar-refractivity contribution in [3.63, 3.8) is 0 Å². The number of carbonyl (C=O) groups excluding carboxylic acids is 1. The third kappa shape index (κ3) is 1.59. The lowest BCUT2D eigenvalue weighted by molar-refractivity contribution is 0.100. The lowest BCUT2D eigenvalue weighted by Crippen LogP contribution is -2.12. The van der Waals surface area contributed by atoms with Crippen LogP contribution in [-0.2, 0) is 0 Å². The van der Waals surface area contributed by atoms with Gasteiger partial charge in [0.15, 0.2) is 0 Å². The third-order valence-electron chi connectivity index (χ3n) is 1.14. The van der Waals surface area contributed by atoms with Crippen LogP contribution in [0.15, 0.2) is 12.3 Å². The average molecular weight is 172 g/mol. The number of amides is 1. The fraction of sp³-hybridized carbons (Fsp3) is 0. The normalized spacial score (nSPS) is 9.55. The standard InChI is InChI=1S/C6H6ClN3O/c7-4-2-10-5(8)1-3(4)6(9)11/h1-2H,(H2,8,10)(H2,9,11). The summed E-state index contributed by atoms with van der Waals surface area (Å²) in [6.07, 6.45) is 1.29. The predicted octanol–water partition coefficient (Wildman–Crippen LogP) is 0.416. The second-order valence-corrected chi connectivity index (χ2v) is 2.36. The molecule has 0 bridgehead atoms. The Morgan fingerprint density at radius 2 is 2.27 bits per heavy atom. The summed E-state index contributed by atoms with van der Waals surface area (Å²) in [6.45, 7) is 0. The number of primary amides is 1. The van der Waals surface area contributed by atoms with E-state index in [2.05, 4.69) is 4.98 Å². The number of hydrogen-bond donors (Lipinski definition) is 2. The first-order valence-corrected chi connectivity index (χ1v) is 3.20. The molecule has 4 nitrogen and oxygen atoms in total. The molecule has 0 radical (unpaired) electrons. The fourth-order valence-corrected chi connectivity index (χ4v) is 0.840. The Kier molecular flexibility index (Phi) is 1.96. The number of rotatable bonds is 1. The van der Waals surface area contributed by atoms with Crippen molar-refractivity contribution in [3.05, 3.63) is 22.8 Å². The van der Waals surface area contributed by atoms with E-state index in [9.17, 15) is 4.79 Å². The largest absolute Gasteiger partial charge is 0.384 e. The number of carbonyl (C=O) groups is 1. The summed E-state index contributed by atoms with van der Waals surface area (Å²) in [7, 11) is 0. The van der Waals surface area contributed by atoms with Crippen LogP contribution in [0.25, 0.3) is 0 Å². The first-order chi connectivity index (χ1) is 5.11. The topological polar surface area (TPSA) is 82.0 Å². The SMILES string of the molecule is NC(=O)c1cc(N)ncc1Cl. The predicted molar refractivity (Wildman–Crippen MR) is 42.2 cm³/mol. The molecule has 0 aliphatic carbocycles. The number of nitrogens with two attached hydrogens (primary N) is 2. The maximum atomic E-state index is 10.6. The first-order valence-electron chi connectivity index (χ1n) is 2.82. The zero-order valence-corrected chi connectivity index (χ0v) is 6.30. The maximum Gasteiger partial charge on any atom is 0.250 e. The van der Waals surface area contributed by atoms with Gasteiger partial charge in [0.2, 0.25) is 5.91 Å². The minimum atomic E-state index is -0.607. The van der Waals surface area contributed by atoms with E-state index in [1.54, 1.807) is 0 Å². The van der Waals surface area contributed by atoms with Crippen LogP contribution >= 0.6 is 11.6 Å². The van der Waals surface area contributed by atoms with Crippen LogP contribution in [0.5, 0.6) is 0 Å². The Bertz CT molecular complexity index is 300. The molecular formula is C6H6ClN3O. The number of pyridine rings is 1. The Morgan fingerprint density at radius 3 is 2.73 bits per heavy atom. The molecular weight excluding hydrogens is 166 g/mol. The molecule has 0 saturated carbocycles. The molecule has 1 aromatic heterocycles. The molecule has 4 N–H and O–H groups in total. The highest BCUT2D eigenvalue weighted by atomic mass is 35.5. The van der Waals surface area contributed by atoms with Crippen molar-refractivity contribution in [2.75, 3.05) is 5.73 Å². The fourth-order valence-electron chi connectivity index (χ4n) is 0.644. The van der Waals surface area contributed by atoms with Crippen molar-refractivity contribution in [2.45, 2.75) is 0 Å². The van der Waals surface area contributed by atoms with Crippen LogP contribution in [0.4, 0.5) is 5.82 Å². The molecule has 5 heteroatoms. The monoisotopic (exact) mass is 171 g/mol. The van der Waals surface area contributed by atoms with E-state index in [-0.39, 0.29) is 16.4 Å². The molecule has 11 heavy (non-hydrogen) atoms. The summed E-state index contributed by atoms with van der Waals surface area (Å²) in [5.74, 6) is -0.382. The lowest BCUT2D eigenvalue weighted by Gasteiger charge is -1.98. The van der Waals surface area contributed by atoms with Gasteiger partial charge >= 0.3 is 0 Å². The van der Waals surface area contributed by atoms with Crippen molar-refractivity contribution in [1.82, 2.24) is 4.98 Å². The molecule has 0 aromatic carbocycles. The number of aromatic nitrogens is 1. The second kappa shape index (κ2) is 2.75. The molecule has 0 spiro atoms. The molecule has 1 rings (SSSR count). The zero-order valence-electron chi connectivity index (χ0n) is 5.54. The molecule has 0 aliphatic rings. The minimum absolute atomic E-state index is 0.194. The van der Waals surface area contributed by atoms with Gasteiger partial charge in [-0.25, -0.2) is 4.98 Å². The number of nitrogens with zero attached hydrogens (tertiary/aromatic N) is 1. The lowest BCUT2D eigenvalue weighted by atomic mass is 10.2. The van der Waals surface area contributed by atoms with Crippen molar-refractivity contribution < 1.29 is 4.79 Å². The van der Waals surface area contributed by atoms with Crippen molar-refractivity contribution in [1.29, 1.82) is 0 Å². The Labute approximate surface area is 68.2 Å². The summed E-state index contributed by atoms with van der Waals surface area (Å²) in [6, 6.07) is 1.34. The quantitative estimate of drug-likeness (QED) is 0.642. The summed E-state index contributed by atoms with van der Waals surface area (Å²) in [5, 5.41) is 0.215. The molecule has 0 aliphatic heterocycles. The highest BCUT2D eigenvalue weighted by Gasteiger charge is 2.06. The van der Waals surface area contributed by atoms with Gasteiger partial charge in [-0.1, -0.05) is 11.6 Å². The van der Waals surface area contributed by atoms with Gasteiger partial charge in [0.1, 0.15) is 5.82 Å². The second-order valence-electron chi connectivity index (χ2n) is 1.95. The molecule has 0 saturated heterocycles. The molecule has 58 valence electrons. The Morgan fingerprint density at radius 1 is 1.64 bits per heavy atom. The number of nitrogen functional groups attached to an aromatic ring is 1. The van der Waals surface area contributed by atoms with E-state index in [1.807, 2.05) is 0 Å². The highest BCUT2D eigenvalue weighted by Crippen LogP contribution is 2.15.